The molecule has 2 amide bonds. The van der Waals surface area contributed by atoms with Crippen LogP contribution in [0.25, 0.3) is 0 Å². The van der Waals surface area contributed by atoms with Gasteiger partial charge in [0.1, 0.15) is 0 Å². The van der Waals surface area contributed by atoms with E-state index >= 15 is 0 Å². The van der Waals surface area contributed by atoms with Crippen molar-refractivity contribution in [3.8, 4) is 5.75 Å². The average Bonchev–Trinajstić information content (AvgIpc) is 3.45. The van der Waals surface area contributed by atoms with Crippen molar-refractivity contribution >= 4 is 17.5 Å². The third kappa shape index (κ3) is 5.53. The highest BCUT2D eigenvalue weighted by Gasteiger charge is 2.23. The van der Waals surface area contributed by atoms with Gasteiger partial charge in [0.2, 0.25) is 5.91 Å². The van der Waals surface area contributed by atoms with Gasteiger partial charge in [-0.05, 0) is 55.8 Å². The van der Waals surface area contributed by atoms with Gasteiger partial charge in [0.05, 0.1) is 13.7 Å². The number of nitrogens with one attached hydrogen (secondary N) is 2. The molecular weight excluding hydrogens is 361 g/mol. The van der Waals surface area contributed by atoms with Crippen molar-refractivity contribution in [3.05, 3.63) is 59.4 Å². The van der Waals surface area contributed by atoms with Crippen LogP contribution >= 0.6 is 0 Å². The van der Waals surface area contributed by atoms with Crippen molar-refractivity contribution in [1.29, 1.82) is 0 Å². The number of hydrogen-bond acceptors (Lipinski definition) is 4. The molecule has 2 N–H and O–H groups in total. The Kier molecular flexibility index (Phi) is 6.26. The average molecular weight is 385 g/mol. The molecule has 28 heavy (non-hydrogen) atoms. The van der Waals surface area contributed by atoms with Crippen LogP contribution in [0.4, 0.5) is 10.1 Å². The predicted octanol–water partition coefficient (Wildman–Crippen LogP) is 2.80. The molecule has 1 aliphatic rings. The second kappa shape index (κ2) is 8.84. The Morgan fingerprint density at radius 2 is 2.00 bits per heavy atom. The quantitative estimate of drug-likeness (QED) is 0.733. The zero-order chi connectivity index (χ0) is 20.1. The van der Waals surface area contributed by atoms with E-state index in [1.807, 2.05) is 0 Å². The zero-order valence-electron chi connectivity index (χ0n) is 16.0. The molecular formula is C21H24FN3O3. The van der Waals surface area contributed by atoms with E-state index in [0.29, 0.717) is 17.8 Å². The van der Waals surface area contributed by atoms with Gasteiger partial charge in [0, 0.05) is 23.8 Å². The van der Waals surface area contributed by atoms with Crippen molar-refractivity contribution in [2.24, 2.45) is 0 Å². The van der Waals surface area contributed by atoms with Crippen LogP contribution in [0.15, 0.2) is 42.5 Å². The molecule has 1 saturated carbocycles. The summed E-state index contributed by atoms with van der Waals surface area (Å²) in [4.78, 5) is 26.2. The largest absolute Gasteiger partial charge is 0.494 e. The molecule has 0 spiro atoms. The molecule has 0 unspecified atom stereocenters. The van der Waals surface area contributed by atoms with E-state index < -0.39 is 5.82 Å². The summed E-state index contributed by atoms with van der Waals surface area (Å²) < 4.78 is 18.7. The van der Waals surface area contributed by atoms with Gasteiger partial charge >= 0.3 is 0 Å². The van der Waals surface area contributed by atoms with Gasteiger partial charge < -0.3 is 15.4 Å². The number of carbonyl (C=O) groups is 2. The molecule has 7 heteroatoms. The maximum atomic E-state index is 13.8. The molecule has 0 heterocycles. The van der Waals surface area contributed by atoms with Crippen molar-refractivity contribution in [2.75, 3.05) is 26.0 Å². The standard InChI is InChI=1S/C21H24FN3O3/c1-25(12-14-6-9-19(28-2)18(22)10-14)13-20(26)23-17-5-3-4-15(11-17)21(27)24-16-7-8-16/h3-6,9-11,16H,7-8,12-13H2,1-2H3,(H,23,26)(H,24,27). The predicted molar refractivity (Wildman–Crippen MR) is 105 cm³/mol. The first-order valence-corrected chi connectivity index (χ1v) is 9.16. The summed E-state index contributed by atoms with van der Waals surface area (Å²) >= 11 is 0. The number of likely N-dealkylation sites (N-methyl/N-ethyl adjacent to an activating group) is 1. The molecule has 0 bridgehead atoms. The Bertz CT molecular complexity index is 868. The topological polar surface area (TPSA) is 70.7 Å². The minimum absolute atomic E-state index is 0.128. The lowest BCUT2D eigenvalue weighted by atomic mass is 10.2. The van der Waals surface area contributed by atoms with Crippen molar-refractivity contribution in [3.63, 3.8) is 0 Å². The fourth-order valence-corrected chi connectivity index (χ4v) is 2.86. The van der Waals surface area contributed by atoms with Crippen LogP contribution in [0.3, 0.4) is 0 Å². The first-order chi connectivity index (χ1) is 13.4. The zero-order valence-corrected chi connectivity index (χ0v) is 16.0. The van der Waals surface area contributed by atoms with E-state index in [1.54, 1.807) is 48.3 Å². The van der Waals surface area contributed by atoms with Gasteiger partial charge in [-0.1, -0.05) is 12.1 Å². The van der Waals surface area contributed by atoms with E-state index in [9.17, 15) is 14.0 Å². The number of anilines is 1. The molecule has 0 radical (unpaired) electrons. The molecule has 148 valence electrons. The van der Waals surface area contributed by atoms with Crippen LogP contribution in [0.5, 0.6) is 5.75 Å². The summed E-state index contributed by atoms with van der Waals surface area (Å²) in [5, 5.41) is 5.72. The fraction of sp³-hybridized carbons (Fsp3) is 0.333. The molecule has 0 saturated heterocycles. The summed E-state index contributed by atoms with van der Waals surface area (Å²) in [5.41, 5.74) is 1.83. The molecule has 0 atom stereocenters. The first-order valence-electron chi connectivity index (χ1n) is 9.16. The highest BCUT2D eigenvalue weighted by molar-refractivity contribution is 5.97. The first kappa shape index (κ1) is 19.8. The fourth-order valence-electron chi connectivity index (χ4n) is 2.86. The molecule has 2 aromatic carbocycles. The second-order valence-corrected chi connectivity index (χ2v) is 7.02. The van der Waals surface area contributed by atoms with Gasteiger partial charge in [0.15, 0.2) is 11.6 Å². The number of hydrogen-bond donors (Lipinski definition) is 2. The molecule has 0 aliphatic heterocycles. The number of methoxy groups -OCH3 is 1. The van der Waals surface area contributed by atoms with Crippen LogP contribution < -0.4 is 15.4 Å². The van der Waals surface area contributed by atoms with Crippen LogP contribution in [-0.2, 0) is 11.3 Å². The maximum absolute atomic E-state index is 13.8. The molecule has 1 fully saturated rings. The molecule has 3 rings (SSSR count). The monoisotopic (exact) mass is 385 g/mol. The van der Waals surface area contributed by atoms with E-state index in [1.165, 1.54) is 13.2 Å². The number of rotatable bonds is 8. The molecule has 0 aromatic heterocycles. The third-order valence-electron chi connectivity index (χ3n) is 4.40. The summed E-state index contributed by atoms with van der Waals surface area (Å²) in [6, 6.07) is 11.9. The van der Waals surface area contributed by atoms with Crippen molar-refractivity contribution < 1.29 is 18.7 Å². The number of nitrogens with zero attached hydrogens (tertiary/aromatic N) is 1. The van der Waals surface area contributed by atoms with Crippen LogP contribution in [0.1, 0.15) is 28.8 Å². The highest BCUT2D eigenvalue weighted by atomic mass is 19.1. The molecule has 6 nitrogen and oxygen atoms in total. The van der Waals surface area contributed by atoms with Gasteiger partial charge in [-0.3, -0.25) is 14.5 Å². The SMILES string of the molecule is COc1ccc(CN(C)CC(=O)Nc2cccc(C(=O)NC3CC3)c2)cc1F. The summed E-state index contributed by atoms with van der Waals surface area (Å²) in [7, 11) is 3.19. The van der Waals surface area contributed by atoms with Gasteiger partial charge in [0.25, 0.3) is 5.91 Å². The van der Waals surface area contributed by atoms with E-state index in [2.05, 4.69) is 10.6 Å². The van der Waals surface area contributed by atoms with Crippen molar-refractivity contribution in [1.82, 2.24) is 10.2 Å². The van der Waals surface area contributed by atoms with E-state index in [4.69, 9.17) is 4.74 Å². The summed E-state index contributed by atoms with van der Waals surface area (Å²) in [5.74, 6) is -0.581. The Balaban J connectivity index is 1.53. The molecule has 1 aliphatic carbocycles. The Morgan fingerprint density at radius 3 is 2.68 bits per heavy atom. The normalized spacial score (nSPS) is 13.3. The number of halogens is 1. The lowest BCUT2D eigenvalue weighted by molar-refractivity contribution is -0.117. The van der Waals surface area contributed by atoms with Crippen LogP contribution in [0, 0.1) is 5.82 Å². The van der Waals surface area contributed by atoms with Gasteiger partial charge in [-0.25, -0.2) is 4.39 Å². The second-order valence-electron chi connectivity index (χ2n) is 7.02. The highest BCUT2D eigenvalue weighted by Crippen LogP contribution is 2.20. The van der Waals surface area contributed by atoms with E-state index in [0.717, 1.165) is 18.4 Å². The number of benzene rings is 2. The number of carbonyl (C=O) groups excluding carboxylic acids is 2. The number of ether oxygens (including phenoxy) is 1. The smallest absolute Gasteiger partial charge is 0.251 e. The minimum atomic E-state index is -0.431. The minimum Gasteiger partial charge on any atom is -0.494 e. The van der Waals surface area contributed by atoms with Crippen molar-refractivity contribution in [2.45, 2.75) is 25.4 Å². The lowest BCUT2D eigenvalue weighted by Gasteiger charge is -2.17. The Labute approximate surface area is 163 Å². The van der Waals surface area contributed by atoms with E-state index in [-0.39, 0.29) is 30.2 Å². The summed E-state index contributed by atoms with van der Waals surface area (Å²) in [6.07, 6.45) is 2.04. The molecule has 2 aromatic rings. The Hall–Kier alpha value is -2.93. The Morgan fingerprint density at radius 1 is 1.21 bits per heavy atom. The number of amides is 2. The maximum Gasteiger partial charge on any atom is 0.251 e. The van der Waals surface area contributed by atoms with Crippen LogP contribution in [-0.4, -0.2) is 43.5 Å². The van der Waals surface area contributed by atoms with Gasteiger partial charge in [-0.15, -0.1) is 0 Å². The van der Waals surface area contributed by atoms with Gasteiger partial charge in [-0.2, -0.15) is 0 Å². The van der Waals surface area contributed by atoms with Crippen LogP contribution in [0.2, 0.25) is 0 Å². The third-order valence-corrected chi connectivity index (χ3v) is 4.40. The lowest BCUT2D eigenvalue weighted by Crippen LogP contribution is -2.30. The summed E-state index contributed by atoms with van der Waals surface area (Å²) in [6.45, 7) is 0.546.